The summed E-state index contributed by atoms with van der Waals surface area (Å²) in [5.41, 5.74) is 2.21. The largest absolute Gasteiger partial charge is 0.459 e. The molecule has 0 aliphatic heterocycles. The minimum absolute atomic E-state index is 0.0859. The molecule has 0 fully saturated rings. The van der Waals surface area contributed by atoms with Crippen molar-refractivity contribution in [2.24, 2.45) is 5.10 Å². The SMILES string of the molecule is O=C(N/N=C/c1cc(Cl)ccc1[N+](=O)[O-])c1ccco1. The van der Waals surface area contributed by atoms with Gasteiger partial charge in [0.05, 0.1) is 23.0 Å². The second-order valence-corrected chi connectivity index (χ2v) is 4.07. The maximum absolute atomic E-state index is 11.5. The van der Waals surface area contributed by atoms with Crippen LogP contribution >= 0.6 is 11.6 Å². The van der Waals surface area contributed by atoms with E-state index >= 15 is 0 Å². The van der Waals surface area contributed by atoms with Gasteiger partial charge in [-0.25, -0.2) is 5.43 Å². The number of nitro benzene ring substituents is 1. The summed E-state index contributed by atoms with van der Waals surface area (Å²) in [4.78, 5) is 21.8. The number of hydrogen-bond acceptors (Lipinski definition) is 5. The lowest BCUT2D eigenvalue weighted by atomic mass is 10.2. The van der Waals surface area contributed by atoms with Crippen molar-refractivity contribution in [2.75, 3.05) is 0 Å². The lowest BCUT2D eigenvalue weighted by Crippen LogP contribution is -2.16. The van der Waals surface area contributed by atoms with Gasteiger partial charge in [0.25, 0.3) is 5.69 Å². The van der Waals surface area contributed by atoms with Gasteiger partial charge in [-0.1, -0.05) is 11.6 Å². The molecular formula is C12H8ClN3O4. The number of nitrogens with zero attached hydrogens (tertiary/aromatic N) is 2. The Morgan fingerprint density at radius 1 is 1.45 bits per heavy atom. The fourth-order valence-electron chi connectivity index (χ4n) is 1.42. The number of halogens is 1. The smallest absolute Gasteiger partial charge is 0.307 e. The van der Waals surface area contributed by atoms with E-state index in [1.807, 2.05) is 0 Å². The molecule has 0 radical (unpaired) electrons. The van der Waals surface area contributed by atoms with Gasteiger partial charge in [0.15, 0.2) is 5.76 Å². The van der Waals surface area contributed by atoms with Crippen LogP contribution in [0.4, 0.5) is 5.69 Å². The lowest BCUT2D eigenvalue weighted by Gasteiger charge is -1.98. The van der Waals surface area contributed by atoms with Crippen LogP contribution in [0.5, 0.6) is 0 Å². The molecule has 102 valence electrons. The zero-order chi connectivity index (χ0) is 14.5. The van der Waals surface area contributed by atoms with Gasteiger partial charge in [0, 0.05) is 11.1 Å². The van der Waals surface area contributed by atoms with E-state index < -0.39 is 10.8 Å². The highest BCUT2D eigenvalue weighted by Gasteiger charge is 2.12. The van der Waals surface area contributed by atoms with Gasteiger partial charge >= 0.3 is 5.91 Å². The summed E-state index contributed by atoms with van der Waals surface area (Å²) in [7, 11) is 0. The lowest BCUT2D eigenvalue weighted by molar-refractivity contribution is -0.385. The van der Waals surface area contributed by atoms with Crippen molar-refractivity contribution in [3.05, 3.63) is 63.1 Å². The number of hydrazone groups is 1. The third-order valence-corrected chi connectivity index (χ3v) is 2.54. The second-order valence-electron chi connectivity index (χ2n) is 3.64. The molecule has 0 aliphatic rings. The number of furan rings is 1. The highest BCUT2D eigenvalue weighted by Crippen LogP contribution is 2.20. The normalized spacial score (nSPS) is 10.7. The van der Waals surface area contributed by atoms with E-state index in [0.717, 1.165) is 6.21 Å². The van der Waals surface area contributed by atoms with E-state index in [9.17, 15) is 14.9 Å². The highest BCUT2D eigenvalue weighted by molar-refractivity contribution is 6.31. The quantitative estimate of drug-likeness (QED) is 0.532. The van der Waals surface area contributed by atoms with Gasteiger partial charge in [-0.15, -0.1) is 0 Å². The summed E-state index contributed by atoms with van der Waals surface area (Å²) in [6.07, 6.45) is 2.49. The molecule has 20 heavy (non-hydrogen) atoms. The molecule has 0 spiro atoms. The number of hydrogen-bond donors (Lipinski definition) is 1. The van der Waals surface area contributed by atoms with Gasteiger partial charge in [-0.05, 0) is 24.3 Å². The maximum Gasteiger partial charge on any atom is 0.307 e. The molecule has 0 unspecified atom stereocenters. The van der Waals surface area contributed by atoms with Crippen LogP contribution < -0.4 is 5.43 Å². The summed E-state index contributed by atoms with van der Waals surface area (Å²) in [5.74, 6) is -0.473. The standard InChI is InChI=1S/C12H8ClN3O4/c13-9-3-4-10(16(18)19)8(6-9)7-14-15-12(17)11-2-1-5-20-11/h1-7H,(H,15,17)/b14-7+. The topological polar surface area (TPSA) is 97.7 Å². The minimum Gasteiger partial charge on any atom is -0.459 e. The Hall–Kier alpha value is -2.67. The fourth-order valence-corrected chi connectivity index (χ4v) is 1.60. The Balaban J connectivity index is 2.13. The number of amides is 1. The predicted molar refractivity (Wildman–Crippen MR) is 71.9 cm³/mol. The van der Waals surface area contributed by atoms with Crippen molar-refractivity contribution in [1.29, 1.82) is 0 Å². The molecule has 7 nitrogen and oxygen atoms in total. The van der Waals surface area contributed by atoms with Gasteiger partial charge in [-0.3, -0.25) is 14.9 Å². The summed E-state index contributed by atoms with van der Waals surface area (Å²) >= 11 is 5.76. The number of carbonyl (C=O) groups excluding carboxylic acids is 1. The average molecular weight is 294 g/mol. The number of rotatable bonds is 4. The molecule has 8 heteroatoms. The Kier molecular flexibility index (Phi) is 4.11. The number of nitrogens with one attached hydrogen (secondary N) is 1. The predicted octanol–water partition coefficient (Wildman–Crippen LogP) is 2.61. The average Bonchev–Trinajstić information content (AvgIpc) is 2.92. The first-order valence-electron chi connectivity index (χ1n) is 5.39. The van der Waals surface area contributed by atoms with E-state index in [1.54, 1.807) is 6.07 Å². The molecule has 1 aromatic heterocycles. The molecule has 0 bridgehead atoms. The Bertz CT molecular complexity index is 667. The van der Waals surface area contributed by atoms with Crippen LogP contribution in [0, 0.1) is 10.1 Å². The summed E-state index contributed by atoms with van der Waals surface area (Å²) in [6.45, 7) is 0. The van der Waals surface area contributed by atoms with Crippen LogP contribution in [-0.4, -0.2) is 17.0 Å². The summed E-state index contributed by atoms with van der Waals surface area (Å²) in [6, 6.07) is 7.06. The van der Waals surface area contributed by atoms with Gasteiger partial charge in [0.2, 0.25) is 0 Å². The van der Waals surface area contributed by atoms with E-state index in [1.165, 1.54) is 30.5 Å². The van der Waals surface area contributed by atoms with Crippen molar-refractivity contribution in [1.82, 2.24) is 5.43 Å². The molecule has 1 amide bonds. The second kappa shape index (κ2) is 5.98. The van der Waals surface area contributed by atoms with Crippen molar-refractivity contribution in [3.63, 3.8) is 0 Å². The van der Waals surface area contributed by atoms with E-state index in [-0.39, 0.29) is 17.0 Å². The van der Waals surface area contributed by atoms with Crippen LogP contribution in [0.25, 0.3) is 0 Å². The van der Waals surface area contributed by atoms with Crippen LogP contribution in [-0.2, 0) is 0 Å². The number of nitro groups is 1. The van der Waals surface area contributed by atoms with Crippen LogP contribution in [0.3, 0.4) is 0 Å². The number of benzene rings is 1. The molecule has 1 heterocycles. The Morgan fingerprint density at radius 3 is 2.90 bits per heavy atom. The summed E-state index contributed by atoms with van der Waals surface area (Å²) in [5, 5.41) is 14.8. The highest BCUT2D eigenvalue weighted by atomic mass is 35.5. The molecule has 1 aromatic carbocycles. The third kappa shape index (κ3) is 3.21. The first-order valence-corrected chi connectivity index (χ1v) is 5.76. The van der Waals surface area contributed by atoms with Crippen molar-refractivity contribution < 1.29 is 14.1 Å². The Morgan fingerprint density at radius 2 is 2.25 bits per heavy atom. The molecule has 0 aliphatic carbocycles. The van der Waals surface area contributed by atoms with Crippen LogP contribution in [0.2, 0.25) is 5.02 Å². The molecule has 0 atom stereocenters. The minimum atomic E-state index is -0.563. The molecule has 2 rings (SSSR count). The Labute approximate surface area is 118 Å². The summed E-state index contributed by atoms with van der Waals surface area (Å²) < 4.78 is 4.86. The zero-order valence-corrected chi connectivity index (χ0v) is 10.7. The van der Waals surface area contributed by atoms with E-state index in [0.29, 0.717) is 5.02 Å². The molecule has 1 N–H and O–H groups in total. The van der Waals surface area contributed by atoms with Crippen molar-refractivity contribution in [3.8, 4) is 0 Å². The molecule has 2 aromatic rings. The van der Waals surface area contributed by atoms with Crippen LogP contribution in [0.1, 0.15) is 16.1 Å². The first kappa shape index (κ1) is 13.8. The first-order chi connectivity index (χ1) is 9.58. The van der Waals surface area contributed by atoms with E-state index in [2.05, 4.69) is 10.5 Å². The zero-order valence-electron chi connectivity index (χ0n) is 9.95. The molecule has 0 saturated heterocycles. The molecule has 0 saturated carbocycles. The van der Waals surface area contributed by atoms with Crippen molar-refractivity contribution in [2.45, 2.75) is 0 Å². The molecular weight excluding hydrogens is 286 g/mol. The van der Waals surface area contributed by atoms with Gasteiger partial charge < -0.3 is 4.42 Å². The van der Waals surface area contributed by atoms with Gasteiger partial charge in [-0.2, -0.15) is 5.10 Å². The third-order valence-electron chi connectivity index (χ3n) is 2.30. The maximum atomic E-state index is 11.5. The van der Waals surface area contributed by atoms with Gasteiger partial charge in [0.1, 0.15) is 0 Å². The fraction of sp³-hybridized carbons (Fsp3) is 0. The van der Waals surface area contributed by atoms with E-state index in [4.69, 9.17) is 16.0 Å². The monoisotopic (exact) mass is 293 g/mol. The van der Waals surface area contributed by atoms with Crippen molar-refractivity contribution >= 4 is 29.4 Å². The number of carbonyl (C=O) groups is 1. The van der Waals surface area contributed by atoms with Crippen LogP contribution in [0.15, 0.2) is 46.1 Å².